The Bertz CT molecular complexity index is 2030. The molecule has 2 atom stereocenters. The number of amides is 1. The fourth-order valence-corrected chi connectivity index (χ4v) is 7.13. The van der Waals surface area contributed by atoms with Gasteiger partial charge in [-0.05, 0) is 50.0 Å². The molecule has 2 aromatic heterocycles. The number of nitrogens with two attached hydrogens (primary N) is 1. The van der Waals surface area contributed by atoms with Crippen molar-refractivity contribution in [1.29, 1.82) is 0 Å². The Labute approximate surface area is 278 Å². The van der Waals surface area contributed by atoms with Gasteiger partial charge in [-0.2, -0.15) is 4.98 Å². The summed E-state index contributed by atoms with van der Waals surface area (Å²) in [7, 11) is 0. The first-order valence-corrected chi connectivity index (χ1v) is 15.8. The molecule has 3 N–H and O–H groups in total. The third kappa shape index (κ3) is 5.09. The molecular formula is C33H32Cl2F3N7O2. The second-order valence-corrected chi connectivity index (χ2v) is 13.0. The number of anilines is 3. The molecule has 0 aliphatic carbocycles. The SMILES string of the molecule is C=CC(=O)N1CC2CCNc3c(F)c(-c4c(N)c(Cl)cc(Cl)c4F)c(F)c4c3c(nc(=O)n4-c3c(C)ccnc3C(C)C)N2CC1C. The highest BCUT2D eigenvalue weighted by Crippen LogP contribution is 2.47. The molecule has 2 aliphatic rings. The zero-order valence-corrected chi connectivity index (χ0v) is 27.6. The second-order valence-electron chi connectivity index (χ2n) is 12.2. The van der Waals surface area contributed by atoms with Gasteiger partial charge in [0.1, 0.15) is 11.3 Å². The van der Waals surface area contributed by atoms with Crippen LogP contribution in [0.4, 0.5) is 30.4 Å². The normalized spacial score (nSPS) is 17.7. The summed E-state index contributed by atoms with van der Waals surface area (Å²) in [6.45, 7) is 11.6. The number of carbonyl (C=O) groups is 1. The van der Waals surface area contributed by atoms with E-state index in [1.165, 1.54) is 6.08 Å². The molecule has 1 amide bonds. The van der Waals surface area contributed by atoms with Crippen molar-refractivity contribution in [3.05, 3.63) is 80.2 Å². The van der Waals surface area contributed by atoms with Gasteiger partial charge >= 0.3 is 5.69 Å². The van der Waals surface area contributed by atoms with Crippen molar-refractivity contribution in [2.75, 3.05) is 35.6 Å². The van der Waals surface area contributed by atoms with Crippen molar-refractivity contribution < 1.29 is 18.0 Å². The van der Waals surface area contributed by atoms with E-state index in [1.807, 2.05) is 25.7 Å². The van der Waals surface area contributed by atoms with Crippen LogP contribution in [0.25, 0.3) is 27.7 Å². The molecule has 0 saturated carbocycles. The number of pyridine rings is 1. The molecule has 4 heterocycles. The Morgan fingerprint density at radius 2 is 1.87 bits per heavy atom. The number of halogens is 5. The van der Waals surface area contributed by atoms with E-state index >= 15 is 13.2 Å². The summed E-state index contributed by atoms with van der Waals surface area (Å²) in [4.78, 5) is 39.4. The van der Waals surface area contributed by atoms with Crippen LogP contribution in [-0.4, -0.2) is 57.1 Å². The van der Waals surface area contributed by atoms with E-state index in [4.69, 9.17) is 28.9 Å². The number of hydrogen-bond acceptors (Lipinski definition) is 7. The molecule has 47 heavy (non-hydrogen) atoms. The molecule has 0 radical (unpaired) electrons. The molecule has 2 aliphatic heterocycles. The Balaban J connectivity index is 1.80. The van der Waals surface area contributed by atoms with Crippen LogP contribution in [0.1, 0.15) is 44.4 Å². The van der Waals surface area contributed by atoms with Gasteiger partial charge in [0.25, 0.3) is 0 Å². The first kappa shape index (κ1) is 32.6. The number of fused-ring (bicyclic) bond motifs is 2. The van der Waals surface area contributed by atoms with Crippen molar-refractivity contribution in [2.45, 2.75) is 52.1 Å². The molecule has 4 aromatic rings. The van der Waals surface area contributed by atoms with Crippen molar-refractivity contribution in [1.82, 2.24) is 19.4 Å². The van der Waals surface area contributed by atoms with Crippen LogP contribution in [-0.2, 0) is 4.79 Å². The van der Waals surface area contributed by atoms with E-state index in [0.29, 0.717) is 17.7 Å². The molecule has 246 valence electrons. The number of piperazine rings is 1. The largest absolute Gasteiger partial charge is 0.397 e. The maximum absolute atomic E-state index is 17.4. The predicted molar refractivity (Wildman–Crippen MR) is 179 cm³/mol. The van der Waals surface area contributed by atoms with Crippen LogP contribution in [0.2, 0.25) is 10.0 Å². The fraction of sp³-hybridized carbons (Fsp3) is 0.333. The van der Waals surface area contributed by atoms with E-state index in [9.17, 15) is 9.59 Å². The van der Waals surface area contributed by atoms with E-state index in [0.717, 1.165) is 10.6 Å². The second kappa shape index (κ2) is 12.1. The Kier molecular flexibility index (Phi) is 8.38. The van der Waals surface area contributed by atoms with Crippen molar-refractivity contribution in [2.24, 2.45) is 0 Å². The number of nitrogens with zero attached hydrogens (tertiary/aromatic N) is 5. The zero-order valence-electron chi connectivity index (χ0n) is 26.1. The van der Waals surface area contributed by atoms with Gasteiger partial charge in [-0.15, -0.1) is 0 Å². The minimum Gasteiger partial charge on any atom is -0.397 e. The van der Waals surface area contributed by atoms with Gasteiger partial charge in [0, 0.05) is 43.5 Å². The van der Waals surface area contributed by atoms with Gasteiger partial charge in [-0.3, -0.25) is 14.3 Å². The smallest absolute Gasteiger partial charge is 0.354 e. The van der Waals surface area contributed by atoms with Crippen LogP contribution >= 0.6 is 23.2 Å². The third-order valence-electron chi connectivity index (χ3n) is 8.93. The van der Waals surface area contributed by atoms with Gasteiger partial charge in [0.05, 0.1) is 43.8 Å². The number of hydrogen-bond donors (Lipinski definition) is 2. The quantitative estimate of drug-likeness (QED) is 0.142. The number of carbonyl (C=O) groups excluding carboxylic acids is 1. The first-order chi connectivity index (χ1) is 22.3. The van der Waals surface area contributed by atoms with E-state index in [-0.39, 0.29) is 76.7 Å². The summed E-state index contributed by atoms with van der Waals surface area (Å²) in [5, 5.41) is 2.33. The summed E-state index contributed by atoms with van der Waals surface area (Å²) in [5.41, 5.74) is 4.10. The molecule has 14 heteroatoms. The summed E-state index contributed by atoms with van der Waals surface area (Å²) in [6.07, 6.45) is 3.21. The Hall–Kier alpha value is -4.29. The molecular weight excluding hydrogens is 654 g/mol. The molecule has 0 spiro atoms. The van der Waals surface area contributed by atoms with Gasteiger partial charge in [-0.1, -0.05) is 43.6 Å². The molecule has 0 bridgehead atoms. The average molecular weight is 687 g/mol. The maximum Gasteiger partial charge on any atom is 0.354 e. The number of nitrogen functional groups attached to an aromatic ring is 1. The topological polar surface area (TPSA) is 109 Å². The molecule has 2 unspecified atom stereocenters. The van der Waals surface area contributed by atoms with Gasteiger partial charge < -0.3 is 20.9 Å². The highest BCUT2D eigenvalue weighted by Gasteiger charge is 2.39. The minimum atomic E-state index is -1.27. The average Bonchev–Trinajstić information content (AvgIpc) is 3.02. The lowest BCUT2D eigenvalue weighted by atomic mass is 9.95. The monoisotopic (exact) mass is 685 g/mol. The molecule has 6 rings (SSSR count). The van der Waals surface area contributed by atoms with Gasteiger partial charge in [0.15, 0.2) is 17.5 Å². The number of aryl methyl sites for hydroxylation is 1. The number of benzene rings is 2. The van der Waals surface area contributed by atoms with Gasteiger partial charge in [-0.25, -0.2) is 18.0 Å². The lowest BCUT2D eigenvalue weighted by Crippen LogP contribution is -2.60. The van der Waals surface area contributed by atoms with Crippen molar-refractivity contribution >= 4 is 57.2 Å². The van der Waals surface area contributed by atoms with Crippen LogP contribution in [0, 0.1) is 24.4 Å². The highest BCUT2D eigenvalue weighted by atomic mass is 35.5. The Morgan fingerprint density at radius 3 is 2.55 bits per heavy atom. The van der Waals surface area contributed by atoms with Crippen LogP contribution in [0.3, 0.4) is 0 Å². The van der Waals surface area contributed by atoms with Crippen molar-refractivity contribution in [3.63, 3.8) is 0 Å². The summed E-state index contributed by atoms with van der Waals surface area (Å²) < 4.78 is 51.1. The van der Waals surface area contributed by atoms with E-state index in [2.05, 4.69) is 21.9 Å². The number of nitrogens with one attached hydrogen (secondary N) is 1. The van der Waals surface area contributed by atoms with Crippen LogP contribution in [0.15, 0.2) is 35.8 Å². The lowest BCUT2D eigenvalue weighted by molar-refractivity contribution is -0.128. The first-order valence-electron chi connectivity index (χ1n) is 15.1. The van der Waals surface area contributed by atoms with Crippen LogP contribution in [0.5, 0.6) is 0 Å². The predicted octanol–water partition coefficient (Wildman–Crippen LogP) is 6.59. The van der Waals surface area contributed by atoms with E-state index < -0.39 is 45.0 Å². The molecule has 2 aromatic carbocycles. The van der Waals surface area contributed by atoms with Gasteiger partial charge in [0.2, 0.25) is 5.91 Å². The zero-order chi connectivity index (χ0) is 34.1. The summed E-state index contributed by atoms with van der Waals surface area (Å²) >= 11 is 12.3. The minimum absolute atomic E-state index is 0.0283. The molecule has 1 saturated heterocycles. The lowest BCUT2D eigenvalue weighted by Gasteiger charge is -2.46. The summed E-state index contributed by atoms with van der Waals surface area (Å²) in [6, 6.07) is 2.00. The van der Waals surface area contributed by atoms with E-state index in [1.54, 1.807) is 24.1 Å². The van der Waals surface area contributed by atoms with Crippen LogP contribution < -0.4 is 21.6 Å². The number of rotatable bonds is 4. The van der Waals surface area contributed by atoms with Crippen molar-refractivity contribution in [3.8, 4) is 16.8 Å². The fourth-order valence-electron chi connectivity index (χ4n) is 6.67. The highest BCUT2D eigenvalue weighted by molar-refractivity contribution is 6.37. The molecule has 1 fully saturated rings. The standard InChI is InChI=1S/C33H32Cl2F3N7O2/c1-6-20(46)43-13-17-8-10-41-29-23-31(26(38)21(25(29)37)22-24(36)18(34)11-19(35)27(22)39)45(30-15(4)7-9-40-28(30)14(2)3)33(47)42-32(23)44(17)12-16(43)5/h6-7,9,11,14,16-17,41H,1,8,10,12-13,39H2,2-5H3. The molecule has 9 nitrogen and oxygen atoms in total. The number of aromatic nitrogens is 3. The summed E-state index contributed by atoms with van der Waals surface area (Å²) in [5.74, 6) is -4.05. The Morgan fingerprint density at radius 1 is 1.15 bits per heavy atom. The maximum atomic E-state index is 17.4. The third-order valence-corrected chi connectivity index (χ3v) is 9.52.